The highest BCUT2D eigenvalue weighted by molar-refractivity contribution is 6.46. The van der Waals surface area contributed by atoms with Gasteiger partial charge in [-0.1, -0.05) is 48.2 Å². The Hall–Kier alpha value is -3.12. The third kappa shape index (κ3) is 5.14. The normalized spacial score (nSPS) is 18.3. The van der Waals surface area contributed by atoms with Crippen LogP contribution in [0.2, 0.25) is 0 Å². The van der Waals surface area contributed by atoms with Crippen LogP contribution < -0.4 is 14.7 Å². The van der Waals surface area contributed by atoms with Crippen LogP contribution in [0.3, 0.4) is 0 Å². The van der Waals surface area contributed by atoms with Gasteiger partial charge in [-0.3, -0.25) is 9.59 Å². The number of nitrogens with one attached hydrogen (secondary N) is 1. The van der Waals surface area contributed by atoms with Crippen molar-refractivity contribution in [1.29, 1.82) is 0 Å². The first-order valence-corrected chi connectivity index (χ1v) is 10.7. The molecule has 1 heterocycles. The third-order valence-electron chi connectivity index (χ3n) is 5.21. The molecule has 6 heteroatoms. The lowest BCUT2D eigenvalue weighted by Gasteiger charge is -2.27. The molecule has 3 rings (SSSR count). The number of ether oxygens (including phenoxy) is 1. The van der Waals surface area contributed by atoms with E-state index in [0.29, 0.717) is 17.9 Å². The second-order valence-electron chi connectivity index (χ2n) is 8.39. The number of amides is 1. The maximum Gasteiger partial charge on any atom is 0.295 e. The van der Waals surface area contributed by atoms with E-state index in [9.17, 15) is 14.7 Å². The number of ketones is 1. The molecule has 1 fully saturated rings. The number of benzene rings is 2. The standard InChI is InChI=1S/C25H30N2O4/c1-17(2)31-20-13-11-19(12-14-20)23(28)21-22(18-9-6-5-7-10-18)27(25(30)24(21)29)16-8-15-26(3)4/h5-7,9-14,17,22,28H,8,15-16H2,1-4H3. The second kappa shape index (κ2) is 9.79. The van der Waals surface area contributed by atoms with Crippen molar-refractivity contribution in [3.05, 3.63) is 71.3 Å². The Balaban J connectivity index is 2.01. The predicted octanol–water partition coefficient (Wildman–Crippen LogP) is 1.23. The maximum atomic E-state index is 13.4. The average Bonchev–Trinajstić information content (AvgIpc) is 2.99. The van der Waals surface area contributed by atoms with Crippen molar-refractivity contribution in [1.82, 2.24) is 4.90 Å². The van der Waals surface area contributed by atoms with Gasteiger partial charge in [-0.05, 0) is 37.1 Å². The molecule has 6 nitrogen and oxygen atoms in total. The monoisotopic (exact) mass is 422 g/mol. The molecule has 1 atom stereocenters. The van der Waals surface area contributed by atoms with Crippen LogP contribution >= 0.6 is 0 Å². The lowest BCUT2D eigenvalue weighted by atomic mass is 9.95. The van der Waals surface area contributed by atoms with Crippen LogP contribution in [0, 0.1) is 0 Å². The van der Waals surface area contributed by atoms with Gasteiger partial charge in [0.05, 0.1) is 32.8 Å². The molecule has 2 aromatic carbocycles. The van der Waals surface area contributed by atoms with Gasteiger partial charge in [-0.2, -0.15) is 0 Å². The molecule has 0 saturated carbocycles. The summed E-state index contributed by atoms with van der Waals surface area (Å²) < 4.78 is 5.63. The van der Waals surface area contributed by atoms with E-state index in [4.69, 9.17) is 4.74 Å². The van der Waals surface area contributed by atoms with Crippen molar-refractivity contribution < 1.29 is 24.3 Å². The molecule has 1 amide bonds. The molecule has 1 N–H and O–H groups in total. The zero-order chi connectivity index (χ0) is 22.5. The molecule has 2 aromatic rings. The van der Waals surface area contributed by atoms with Gasteiger partial charge in [0.15, 0.2) is 0 Å². The van der Waals surface area contributed by atoms with Crippen molar-refractivity contribution >= 4 is 17.4 Å². The summed E-state index contributed by atoms with van der Waals surface area (Å²) in [6, 6.07) is 15.3. The van der Waals surface area contributed by atoms with E-state index in [0.717, 1.165) is 18.5 Å². The van der Waals surface area contributed by atoms with Gasteiger partial charge in [-0.15, -0.1) is 0 Å². The quantitative estimate of drug-likeness (QED) is 0.395. The molecule has 1 saturated heterocycles. The van der Waals surface area contributed by atoms with E-state index in [1.54, 1.807) is 29.2 Å². The SMILES string of the molecule is CC(C)Oc1ccc(C([O-])=C2C(=O)C(=O)N(CCC[NH+](C)C)C2c2ccccc2)cc1. The summed E-state index contributed by atoms with van der Waals surface area (Å²) in [5, 5.41) is 13.4. The minimum Gasteiger partial charge on any atom is -0.872 e. The number of hydrogen-bond donors (Lipinski definition) is 1. The second-order valence-corrected chi connectivity index (χ2v) is 8.39. The smallest absolute Gasteiger partial charge is 0.295 e. The third-order valence-corrected chi connectivity index (χ3v) is 5.21. The molecular formula is C25H30N2O4. The van der Waals surface area contributed by atoms with Crippen molar-refractivity contribution in [2.45, 2.75) is 32.4 Å². The number of rotatable bonds is 8. The zero-order valence-electron chi connectivity index (χ0n) is 18.6. The first-order chi connectivity index (χ1) is 14.8. The highest BCUT2D eigenvalue weighted by Gasteiger charge is 2.43. The van der Waals surface area contributed by atoms with Crippen molar-refractivity contribution in [3.8, 4) is 5.75 Å². The van der Waals surface area contributed by atoms with Crippen LogP contribution in [0.15, 0.2) is 60.2 Å². The average molecular weight is 423 g/mol. The molecule has 1 aliphatic heterocycles. The van der Waals surface area contributed by atoms with Crippen molar-refractivity contribution in [2.75, 3.05) is 27.2 Å². The predicted molar refractivity (Wildman–Crippen MR) is 117 cm³/mol. The van der Waals surface area contributed by atoms with Gasteiger partial charge in [0.25, 0.3) is 5.91 Å². The first kappa shape index (κ1) is 22.6. The molecule has 164 valence electrons. The van der Waals surface area contributed by atoms with Crippen LogP contribution in [-0.4, -0.2) is 49.9 Å². The van der Waals surface area contributed by atoms with E-state index in [2.05, 4.69) is 0 Å². The highest BCUT2D eigenvalue weighted by atomic mass is 16.5. The summed E-state index contributed by atoms with van der Waals surface area (Å²) in [4.78, 5) is 28.6. The van der Waals surface area contributed by atoms with Crippen LogP contribution in [0.4, 0.5) is 0 Å². The number of carbonyl (C=O) groups is 2. The van der Waals surface area contributed by atoms with Gasteiger partial charge in [0.1, 0.15) is 5.75 Å². The van der Waals surface area contributed by atoms with E-state index in [1.807, 2.05) is 58.3 Å². The molecule has 1 unspecified atom stereocenters. The maximum absolute atomic E-state index is 13.4. The molecular weight excluding hydrogens is 392 g/mol. The summed E-state index contributed by atoms with van der Waals surface area (Å²) in [7, 11) is 4.08. The van der Waals surface area contributed by atoms with Crippen LogP contribution in [-0.2, 0) is 9.59 Å². The molecule has 0 radical (unpaired) electrons. The van der Waals surface area contributed by atoms with E-state index in [-0.39, 0.29) is 11.7 Å². The van der Waals surface area contributed by atoms with Crippen LogP contribution in [0.1, 0.15) is 37.4 Å². The molecule has 0 spiro atoms. The molecule has 31 heavy (non-hydrogen) atoms. The Morgan fingerprint density at radius 2 is 1.71 bits per heavy atom. The van der Waals surface area contributed by atoms with E-state index in [1.165, 1.54) is 4.90 Å². The fraction of sp³-hybridized carbons (Fsp3) is 0.360. The Labute approximate surface area is 183 Å². The number of hydrogen-bond acceptors (Lipinski definition) is 4. The van der Waals surface area contributed by atoms with Gasteiger partial charge < -0.3 is 19.6 Å². The first-order valence-electron chi connectivity index (χ1n) is 10.7. The minimum absolute atomic E-state index is 0.0185. The number of nitrogens with zero attached hydrogens (tertiary/aromatic N) is 1. The lowest BCUT2D eigenvalue weighted by Crippen LogP contribution is -3.05. The number of likely N-dealkylation sites (tertiary alicyclic amines) is 1. The molecule has 0 aromatic heterocycles. The summed E-state index contributed by atoms with van der Waals surface area (Å²) in [5.41, 5.74) is 1.15. The van der Waals surface area contributed by atoms with Crippen LogP contribution in [0.25, 0.3) is 5.76 Å². The summed E-state index contributed by atoms with van der Waals surface area (Å²) in [5.74, 6) is -1.08. The molecule has 0 bridgehead atoms. The Kier molecular flexibility index (Phi) is 7.13. The number of quaternary nitrogens is 1. The van der Waals surface area contributed by atoms with Crippen LogP contribution in [0.5, 0.6) is 5.75 Å². The van der Waals surface area contributed by atoms with Crippen molar-refractivity contribution in [2.24, 2.45) is 0 Å². The summed E-state index contributed by atoms with van der Waals surface area (Å²) in [6.45, 7) is 5.14. The van der Waals surface area contributed by atoms with Gasteiger partial charge in [0.2, 0.25) is 5.78 Å². The van der Waals surface area contributed by atoms with Gasteiger partial charge in [0, 0.05) is 18.5 Å². The Bertz CT molecular complexity index is 949. The Morgan fingerprint density at radius 1 is 1.06 bits per heavy atom. The topological polar surface area (TPSA) is 74.1 Å². The largest absolute Gasteiger partial charge is 0.872 e. The fourth-order valence-electron chi connectivity index (χ4n) is 3.80. The van der Waals surface area contributed by atoms with Gasteiger partial charge >= 0.3 is 0 Å². The highest BCUT2D eigenvalue weighted by Crippen LogP contribution is 2.38. The summed E-state index contributed by atoms with van der Waals surface area (Å²) >= 11 is 0. The summed E-state index contributed by atoms with van der Waals surface area (Å²) in [6.07, 6.45) is 0.762. The zero-order valence-corrected chi connectivity index (χ0v) is 18.6. The molecule has 0 aliphatic carbocycles. The fourth-order valence-corrected chi connectivity index (χ4v) is 3.80. The Morgan fingerprint density at radius 3 is 2.29 bits per heavy atom. The number of Topliss-reactive ketones (excluding diaryl/α,β-unsaturated/α-hetero) is 1. The van der Waals surface area contributed by atoms with Crippen molar-refractivity contribution in [3.63, 3.8) is 0 Å². The molecule has 1 aliphatic rings. The lowest BCUT2D eigenvalue weighted by molar-refractivity contribution is -0.858. The van der Waals surface area contributed by atoms with E-state index >= 15 is 0 Å². The minimum atomic E-state index is -0.710. The van der Waals surface area contributed by atoms with Gasteiger partial charge in [-0.25, -0.2) is 0 Å². The number of carbonyl (C=O) groups excluding carboxylic acids is 2. The van der Waals surface area contributed by atoms with E-state index < -0.39 is 23.5 Å².